The van der Waals surface area contributed by atoms with Crippen molar-refractivity contribution in [3.05, 3.63) is 87.3 Å². The third kappa shape index (κ3) is 3.87. The van der Waals surface area contributed by atoms with Gasteiger partial charge in [0.25, 0.3) is 5.56 Å². The van der Waals surface area contributed by atoms with E-state index < -0.39 is 12.0 Å². The Morgan fingerprint density at radius 3 is 2.28 bits per heavy atom. The van der Waals surface area contributed by atoms with Gasteiger partial charge < -0.3 is 4.74 Å². The number of carbonyl (C=O) groups is 2. The van der Waals surface area contributed by atoms with Crippen molar-refractivity contribution in [3.63, 3.8) is 0 Å². The highest BCUT2D eigenvalue weighted by molar-refractivity contribution is 7.19. The molecule has 0 radical (unpaired) electrons. The van der Waals surface area contributed by atoms with Crippen molar-refractivity contribution >= 4 is 33.3 Å². The second-order valence-electron chi connectivity index (χ2n) is 7.44. The first kappa shape index (κ1) is 21.6. The first-order chi connectivity index (χ1) is 15.4. The monoisotopic (exact) mass is 446 g/mol. The van der Waals surface area contributed by atoms with Crippen LogP contribution in [0.2, 0.25) is 0 Å². The van der Waals surface area contributed by atoms with Crippen LogP contribution in [0.3, 0.4) is 0 Å². The molecule has 7 heteroatoms. The van der Waals surface area contributed by atoms with Gasteiger partial charge in [0.2, 0.25) is 0 Å². The number of ether oxygens (including phenoxy) is 1. The first-order valence-electron chi connectivity index (χ1n) is 10.2. The normalized spacial score (nSPS) is 12.0. The quantitative estimate of drug-likeness (QED) is 0.316. The smallest absolute Gasteiger partial charge is 0.308 e. The number of hydrogen-bond donors (Lipinski definition) is 0. The number of rotatable bonds is 6. The van der Waals surface area contributed by atoms with Crippen LogP contribution in [0, 0.1) is 13.8 Å². The van der Waals surface area contributed by atoms with Crippen LogP contribution in [-0.2, 0) is 9.53 Å². The molecule has 0 saturated carbocycles. The van der Waals surface area contributed by atoms with Crippen LogP contribution in [-0.4, -0.2) is 28.4 Å². The predicted molar refractivity (Wildman–Crippen MR) is 125 cm³/mol. The van der Waals surface area contributed by atoms with Crippen LogP contribution in [0.15, 0.2) is 65.5 Å². The SMILES string of the molecule is COC(=O)CC(C(=O)c1ccccc1)n1c(C)nc2sc(C)c(-c3ccccc3)c2c1=O. The third-order valence-corrected chi connectivity index (χ3v) is 6.43. The summed E-state index contributed by atoms with van der Waals surface area (Å²) in [6, 6.07) is 17.2. The van der Waals surface area contributed by atoms with Gasteiger partial charge >= 0.3 is 5.97 Å². The molecule has 0 spiro atoms. The zero-order valence-electron chi connectivity index (χ0n) is 18.0. The molecule has 4 aromatic rings. The molecule has 162 valence electrons. The van der Waals surface area contributed by atoms with Crippen molar-refractivity contribution in [2.45, 2.75) is 26.3 Å². The van der Waals surface area contributed by atoms with Crippen LogP contribution in [0.4, 0.5) is 0 Å². The summed E-state index contributed by atoms with van der Waals surface area (Å²) < 4.78 is 6.17. The Kier molecular flexibility index (Phi) is 6.01. The van der Waals surface area contributed by atoms with E-state index in [0.717, 1.165) is 16.0 Å². The highest BCUT2D eigenvalue weighted by atomic mass is 32.1. The van der Waals surface area contributed by atoms with Crippen molar-refractivity contribution in [1.29, 1.82) is 0 Å². The molecular weight excluding hydrogens is 424 g/mol. The van der Waals surface area contributed by atoms with Gasteiger partial charge in [0.15, 0.2) is 5.78 Å². The van der Waals surface area contributed by atoms with E-state index in [-0.39, 0.29) is 17.8 Å². The zero-order chi connectivity index (χ0) is 22.8. The number of thiophene rings is 1. The fourth-order valence-electron chi connectivity index (χ4n) is 3.93. The van der Waals surface area contributed by atoms with Gasteiger partial charge in [-0.3, -0.25) is 19.0 Å². The van der Waals surface area contributed by atoms with Crippen LogP contribution in [0.5, 0.6) is 0 Å². The molecule has 0 aliphatic carbocycles. The minimum atomic E-state index is -1.06. The van der Waals surface area contributed by atoms with E-state index >= 15 is 0 Å². The summed E-state index contributed by atoms with van der Waals surface area (Å²) in [4.78, 5) is 45.7. The number of aryl methyl sites for hydroxylation is 2. The Morgan fingerprint density at radius 1 is 1.03 bits per heavy atom. The molecule has 2 heterocycles. The fourth-order valence-corrected chi connectivity index (χ4v) is 5.01. The van der Waals surface area contributed by atoms with Crippen LogP contribution >= 0.6 is 11.3 Å². The highest BCUT2D eigenvalue weighted by Gasteiger charge is 2.30. The molecule has 0 aliphatic rings. The summed E-state index contributed by atoms with van der Waals surface area (Å²) in [6.07, 6.45) is -0.262. The van der Waals surface area contributed by atoms with Crippen LogP contribution < -0.4 is 5.56 Å². The lowest BCUT2D eigenvalue weighted by Crippen LogP contribution is -2.34. The molecule has 1 unspecified atom stereocenters. The van der Waals surface area contributed by atoms with Crippen molar-refractivity contribution in [2.24, 2.45) is 0 Å². The maximum Gasteiger partial charge on any atom is 0.308 e. The lowest BCUT2D eigenvalue weighted by atomic mass is 10.00. The fraction of sp³-hybridized carbons (Fsp3) is 0.200. The Hall–Kier alpha value is -3.58. The minimum Gasteiger partial charge on any atom is -0.469 e. The number of aromatic nitrogens is 2. The molecule has 0 aliphatic heterocycles. The summed E-state index contributed by atoms with van der Waals surface area (Å²) in [6.45, 7) is 3.63. The van der Waals surface area contributed by atoms with Crippen LogP contribution in [0.1, 0.15) is 33.5 Å². The number of nitrogens with zero attached hydrogens (tertiary/aromatic N) is 2. The van der Waals surface area contributed by atoms with E-state index in [4.69, 9.17) is 4.74 Å². The van der Waals surface area contributed by atoms with Gasteiger partial charge in [-0.2, -0.15) is 0 Å². The Bertz CT molecular complexity index is 1360. The van der Waals surface area contributed by atoms with Crippen LogP contribution in [0.25, 0.3) is 21.3 Å². The molecule has 0 N–H and O–H groups in total. The van der Waals surface area contributed by atoms with Gasteiger partial charge in [-0.05, 0) is 19.4 Å². The van der Waals surface area contributed by atoms with Gasteiger partial charge in [-0.1, -0.05) is 60.7 Å². The summed E-state index contributed by atoms with van der Waals surface area (Å²) in [5, 5.41) is 0.458. The average Bonchev–Trinajstić information content (AvgIpc) is 3.14. The number of fused-ring (bicyclic) bond motifs is 1. The van der Waals surface area contributed by atoms with Crippen molar-refractivity contribution in [2.75, 3.05) is 7.11 Å². The number of Topliss-reactive ketones (excluding diaryl/α,β-unsaturated/α-hetero) is 1. The lowest BCUT2D eigenvalue weighted by Gasteiger charge is -2.20. The molecule has 6 nitrogen and oxygen atoms in total. The summed E-state index contributed by atoms with van der Waals surface area (Å²) in [7, 11) is 1.26. The predicted octanol–water partition coefficient (Wildman–Crippen LogP) is 4.73. The van der Waals surface area contributed by atoms with Gasteiger partial charge in [-0.25, -0.2) is 4.98 Å². The van der Waals surface area contributed by atoms with E-state index in [1.54, 1.807) is 37.3 Å². The number of ketones is 1. The molecule has 4 rings (SSSR count). The van der Waals surface area contributed by atoms with E-state index in [1.165, 1.54) is 23.0 Å². The van der Waals surface area contributed by atoms with E-state index in [1.807, 2.05) is 37.3 Å². The van der Waals surface area contributed by atoms with Crippen molar-refractivity contribution in [1.82, 2.24) is 9.55 Å². The number of esters is 1. The summed E-state index contributed by atoms with van der Waals surface area (Å²) in [5.74, 6) is -0.535. The summed E-state index contributed by atoms with van der Waals surface area (Å²) >= 11 is 1.44. The topological polar surface area (TPSA) is 78.3 Å². The lowest BCUT2D eigenvalue weighted by molar-refractivity contribution is -0.141. The third-order valence-electron chi connectivity index (χ3n) is 5.43. The molecule has 32 heavy (non-hydrogen) atoms. The Balaban J connectivity index is 1.97. The van der Waals surface area contributed by atoms with Gasteiger partial charge in [0.05, 0.1) is 18.9 Å². The Labute approximate surface area is 189 Å². The minimum absolute atomic E-state index is 0.262. The second kappa shape index (κ2) is 8.88. The van der Waals surface area contributed by atoms with Gasteiger partial charge in [-0.15, -0.1) is 11.3 Å². The number of hydrogen-bond acceptors (Lipinski definition) is 6. The molecule has 2 aromatic carbocycles. The van der Waals surface area contributed by atoms with E-state index in [9.17, 15) is 14.4 Å². The molecule has 1 atom stereocenters. The molecule has 2 aromatic heterocycles. The maximum absolute atomic E-state index is 13.8. The van der Waals surface area contributed by atoms with E-state index in [0.29, 0.717) is 21.6 Å². The van der Waals surface area contributed by atoms with E-state index in [2.05, 4.69) is 4.98 Å². The van der Waals surface area contributed by atoms with Gasteiger partial charge in [0, 0.05) is 16.0 Å². The number of carbonyl (C=O) groups excluding carboxylic acids is 2. The molecule has 0 fully saturated rings. The van der Waals surface area contributed by atoms with Crippen molar-refractivity contribution < 1.29 is 14.3 Å². The largest absolute Gasteiger partial charge is 0.469 e. The molecule has 0 amide bonds. The number of benzene rings is 2. The zero-order valence-corrected chi connectivity index (χ0v) is 18.8. The van der Waals surface area contributed by atoms with Crippen molar-refractivity contribution in [3.8, 4) is 11.1 Å². The standard InChI is InChI=1S/C25H22N2O4S/c1-15-21(17-10-6-4-7-11-17)22-24(32-15)26-16(2)27(25(22)30)19(14-20(28)31-3)23(29)18-12-8-5-9-13-18/h4-13,19H,14H2,1-3H3. The summed E-state index contributed by atoms with van der Waals surface area (Å²) in [5.41, 5.74) is 1.79. The molecular formula is C25H22N2O4S. The highest BCUT2D eigenvalue weighted by Crippen LogP contribution is 2.36. The Morgan fingerprint density at radius 2 is 1.66 bits per heavy atom. The average molecular weight is 447 g/mol. The van der Waals surface area contributed by atoms with Gasteiger partial charge in [0.1, 0.15) is 16.7 Å². The second-order valence-corrected chi connectivity index (χ2v) is 8.64. The first-order valence-corrected chi connectivity index (χ1v) is 11.0. The maximum atomic E-state index is 13.8. The molecule has 0 saturated heterocycles. The number of methoxy groups -OCH3 is 1. The molecule has 0 bridgehead atoms.